The second-order valence-corrected chi connectivity index (χ2v) is 5.31. The fourth-order valence-electron chi connectivity index (χ4n) is 2.00. The van der Waals surface area contributed by atoms with Gasteiger partial charge in [-0.15, -0.1) is 11.8 Å². The van der Waals surface area contributed by atoms with E-state index in [0.717, 1.165) is 30.6 Å². The number of carbonyl (C=O) groups is 1. The van der Waals surface area contributed by atoms with Crippen molar-refractivity contribution in [2.45, 2.75) is 25.8 Å². The van der Waals surface area contributed by atoms with Crippen molar-refractivity contribution in [1.82, 2.24) is 10.2 Å². The molecule has 2 aliphatic heterocycles. The van der Waals surface area contributed by atoms with E-state index in [1.165, 1.54) is 12.8 Å². The predicted octanol–water partition coefficient (Wildman–Crippen LogP) is 0.907. The van der Waals surface area contributed by atoms with Crippen molar-refractivity contribution in [2.24, 2.45) is 5.92 Å². The molecule has 0 aromatic heterocycles. The van der Waals surface area contributed by atoms with Gasteiger partial charge in [0.1, 0.15) is 0 Å². The van der Waals surface area contributed by atoms with Crippen LogP contribution in [0.2, 0.25) is 0 Å². The molecule has 2 rings (SSSR count). The number of nitrogens with one attached hydrogen (secondary N) is 1. The monoisotopic (exact) mass is 214 g/mol. The van der Waals surface area contributed by atoms with Gasteiger partial charge in [0.05, 0.1) is 6.04 Å². The van der Waals surface area contributed by atoms with Gasteiger partial charge in [-0.25, -0.2) is 0 Å². The molecule has 4 heteroatoms. The van der Waals surface area contributed by atoms with Crippen molar-refractivity contribution < 1.29 is 4.79 Å². The van der Waals surface area contributed by atoms with Crippen LogP contribution in [0.5, 0.6) is 0 Å². The van der Waals surface area contributed by atoms with Crippen LogP contribution in [0.25, 0.3) is 0 Å². The van der Waals surface area contributed by atoms with Gasteiger partial charge in [-0.3, -0.25) is 10.1 Å². The summed E-state index contributed by atoms with van der Waals surface area (Å²) in [5, 5.41) is 3.24. The fraction of sp³-hybridized carbons (Fsp3) is 0.900. The first-order valence-electron chi connectivity index (χ1n) is 5.37. The van der Waals surface area contributed by atoms with Crippen molar-refractivity contribution in [2.75, 3.05) is 24.7 Å². The van der Waals surface area contributed by atoms with E-state index in [2.05, 4.69) is 12.2 Å². The topological polar surface area (TPSA) is 32.3 Å². The molecule has 3 nitrogen and oxygen atoms in total. The summed E-state index contributed by atoms with van der Waals surface area (Å²) in [6.07, 6.45) is 2.34. The Balaban J connectivity index is 1.85. The van der Waals surface area contributed by atoms with Crippen LogP contribution in [0.1, 0.15) is 19.8 Å². The van der Waals surface area contributed by atoms with Crippen molar-refractivity contribution in [1.29, 1.82) is 0 Å². The summed E-state index contributed by atoms with van der Waals surface area (Å²) >= 11 is 1.82. The number of thioether (sulfide) groups is 1. The van der Waals surface area contributed by atoms with Gasteiger partial charge in [0.15, 0.2) is 0 Å². The summed E-state index contributed by atoms with van der Waals surface area (Å²) in [5.41, 5.74) is 0. The number of hydrogen-bond acceptors (Lipinski definition) is 3. The molecule has 0 aromatic rings. The Hall–Kier alpha value is -0.220. The molecular formula is C10H18N2OS. The standard InChI is InChI=1S/C10H18N2OS/c1-8-2-4-12(5-3-8)10(13)9-6-14-7-11-9/h8-9,11H,2-7H2,1H3/t9-/m1/s1. The van der Waals surface area contributed by atoms with E-state index >= 15 is 0 Å². The van der Waals surface area contributed by atoms with Crippen LogP contribution in [-0.4, -0.2) is 41.6 Å². The van der Waals surface area contributed by atoms with E-state index in [-0.39, 0.29) is 6.04 Å². The van der Waals surface area contributed by atoms with E-state index in [1.54, 1.807) is 0 Å². The number of nitrogens with zero attached hydrogens (tertiary/aromatic N) is 1. The second kappa shape index (κ2) is 4.53. The molecule has 2 aliphatic rings. The summed E-state index contributed by atoms with van der Waals surface area (Å²) < 4.78 is 0. The first kappa shape index (κ1) is 10.3. The maximum Gasteiger partial charge on any atom is 0.240 e. The first-order chi connectivity index (χ1) is 6.77. The molecule has 2 saturated heterocycles. The Bertz CT molecular complexity index is 208. The smallest absolute Gasteiger partial charge is 0.240 e. The maximum atomic E-state index is 12.0. The summed E-state index contributed by atoms with van der Waals surface area (Å²) in [4.78, 5) is 14.0. The zero-order valence-electron chi connectivity index (χ0n) is 8.66. The first-order valence-corrected chi connectivity index (χ1v) is 6.53. The van der Waals surface area contributed by atoms with Crippen molar-refractivity contribution >= 4 is 17.7 Å². The average molecular weight is 214 g/mol. The minimum Gasteiger partial charge on any atom is -0.341 e. The van der Waals surface area contributed by atoms with Crippen molar-refractivity contribution in [3.63, 3.8) is 0 Å². The third-order valence-corrected chi connectivity index (χ3v) is 4.05. The van der Waals surface area contributed by atoms with Gasteiger partial charge in [0.2, 0.25) is 5.91 Å². The lowest BCUT2D eigenvalue weighted by Gasteiger charge is -2.31. The Labute approximate surface area is 89.6 Å². The molecule has 1 amide bonds. The molecule has 0 spiro atoms. The second-order valence-electron chi connectivity index (χ2n) is 4.28. The fourth-order valence-corrected chi connectivity index (χ4v) is 2.94. The highest BCUT2D eigenvalue weighted by atomic mass is 32.2. The quantitative estimate of drug-likeness (QED) is 0.704. The lowest BCUT2D eigenvalue weighted by Crippen LogP contribution is -2.47. The van der Waals surface area contributed by atoms with E-state index in [4.69, 9.17) is 0 Å². The summed E-state index contributed by atoms with van der Waals surface area (Å²) in [7, 11) is 0. The Morgan fingerprint density at radius 3 is 2.71 bits per heavy atom. The summed E-state index contributed by atoms with van der Waals surface area (Å²) in [6.45, 7) is 4.19. The van der Waals surface area contributed by atoms with Gasteiger partial charge in [0, 0.05) is 24.7 Å². The maximum absolute atomic E-state index is 12.0. The van der Waals surface area contributed by atoms with Gasteiger partial charge in [-0.1, -0.05) is 6.92 Å². The largest absolute Gasteiger partial charge is 0.341 e. The van der Waals surface area contributed by atoms with Gasteiger partial charge in [0.25, 0.3) is 0 Å². The molecule has 1 N–H and O–H groups in total. The van der Waals surface area contributed by atoms with Gasteiger partial charge in [-0.05, 0) is 18.8 Å². The Morgan fingerprint density at radius 2 is 2.14 bits per heavy atom. The molecular weight excluding hydrogens is 196 g/mol. The molecule has 0 bridgehead atoms. The van der Waals surface area contributed by atoms with Gasteiger partial charge < -0.3 is 4.90 Å². The van der Waals surface area contributed by atoms with Crippen LogP contribution >= 0.6 is 11.8 Å². The number of hydrogen-bond donors (Lipinski definition) is 1. The molecule has 14 heavy (non-hydrogen) atoms. The zero-order chi connectivity index (χ0) is 9.97. The van der Waals surface area contributed by atoms with Crippen molar-refractivity contribution in [3.05, 3.63) is 0 Å². The van der Waals surface area contributed by atoms with Crippen LogP contribution in [0.15, 0.2) is 0 Å². The summed E-state index contributed by atoms with van der Waals surface area (Å²) in [5.74, 6) is 3.00. The van der Waals surface area contributed by atoms with Gasteiger partial charge >= 0.3 is 0 Å². The van der Waals surface area contributed by atoms with Crippen molar-refractivity contribution in [3.8, 4) is 0 Å². The van der Waals surface area contributed by atoms with Gasteiger partial charge in [-0.2, -0.15) is 0 Å². The Morgan fingerprint density at radius 1 is 1.43 bits per heavy atom. The third-order valence-electron chi connectivity index (χ3n) is 3.11. The molecule has 0 aliphatic carbocycles. The molecule has 2 fully saturated rings. The van der Waals surface area contributed by atoms with E-state index in [9.17, 15) is 4.79 Å². The molecule has 0 saturated carbocycles. The highest BCUT2D eigenvalue weighted by Gasteiger charge is 2.28. The zero-order valence-corrected chi connectivity index (χ0v) is 9.48. The third kappa shape index (κ3) is 2.23. The lowest BCUT2D eigenvalue weighted by atomic mass is 9.99. The lowest BCUT2D eigenvalue weighted by molar-refractivity contribution is -0.133. The van der Waals surface area contributed by atoms with Crippen LogP contribution in [0.4, 0.5) is 0 Å². The number of piperidine rings is 1. The Kier molecular flexibility index (Phi) is 3.34. The number of rotatable bonds is 1. The van der Waals surface area contributed by atoms with Crippen LogP contribution < -0.4 is 5.32 Å². The van der Waals surface area contributed by atoms with Crippen LogP contribution in [-0.2, 0) is 4.79 Å². The normalized spacial score (nSPS) is 29.5. The minimum absolute atomic E-state index is 0.0911. The molecule has 0 radical (unpaired) electrons. The SMILES string of the molecule is CC1CCN(C(=O)[C@H]2CSCN2)CC1. The number of carbonyl (C=O) groups excluding carboxylic acids is 1. The summed E-state index contributed by atoms with van der Waals surface area (Å²) in [6, 6.07) is 0.0911. The average Bonchev–Trinajstić information content (AvgIpc) is 2.71. The van der Waals surface area contributed by atoms with Crippen LogP contribution in [0.3, 0.4) is 0 Å². The molecule has 2 heterocycles. The molecule has 1 atom stereocenters. The molecule has 80 valence electrons. The van der Waals surface area contributed by atoms with E-state index < -0.39 is 0 Å². The number of amides is 1. The highest BCUT2D eigenvalue weighted by molar-refractivity contribution is 7.99. The van der Waals surface area contributed by atoms with Crippen LogP contribution in [0, 0.1) is 5.92 Å². The predicted molar refractivity (Wildman–Crippen MR) is 59.2 cm³/mol. The number of likely N-dealkylation sites (tertiary alicyclic amines) is 1. The molecule has 0 aromatic carbocycles. The van der Waals surface area contributed by atoms with E-state index in [0.29, 0.717) is 5.91 Å². The molecule has 0 unspecified atom stereocenters. The highest BCUT2D eigenvalue weighted by Crippen LogP contribution is 2.18. The minimum atomic E-state index is 0.0911. The van der Waals surface area contributed by atoms with E-state index in [1.807, 2.05) is 16.7 Å².